The van der Waals surface area contributed by atoms with Crippen LogP contribution in [-0.2, 0) is 9.53 Å². The number of ether oxygens (including phenoxy) is 1. The fraction of sp³-hybridized carbons (Fsp3) is 0.917. The van der Waals surface area contributed by atoms with E-state index in [1.54, 1.807) is 0 Å². The Bertz CT molecular complexity index is 219. The summed E-state index contributed by atoms with van der Waals surface area (Å²) in [6.07, 6.45) is 6.10. The summed E-state index contributed by atoms with van der Waals surface area (Å²) < 4.78 is 5.61. The second-order valence-electron chi connectivity index (χ2n) is 4.72. The number of hydrogen-bond donors (Lipinski definition) is 1. The topological polar surface area (TPSA) is 41.6 Å². The van der Waals surface area contributed by atoms with Gasteiger partial charge in [-0.15, -0.1) is 0 Å². The van der Waals surface area contributed by atoms with Gasteiger partial charge in [0, 0.05) is 19.6 Å². The Morgan fingerprint density at radius 2 is 2.00 bits per heavy atom. The van der Waals surface area contributed by atoms with Crippen molar-refractivity contribution in [2.24, 2.45) is 0 Å². The van der Waals surface area contributed by atoms with Gasteiger partial charge in [-0.1, -0.05) is 12.8 Å². The molecule has 2 aliphatic rings. The largest absolute Gasteiger partial charge is 0.367 e. The minimum absolute atomic E-state index is 0.175. The molecule has 0 radical (unpaired) electrons. The summed E-state index contributed by atoms with van der Waals surface area (Å²) in [7, 11) is 0. The minimum atomic E-state index is 0.175. The van der Waals surface area contributed by atoms with E-state index in [0.717, 1.165) is 45.4 Å². The van der Waals surface area contributed by atoms with Crippen molar-refractivity contribution >= 4 is 5.91 Å². The van der Waals surface area contributed by atoms with Crippen LogP contribution in [0.15, 0.2) is 0 Å². The van der Waals surface area contributed by atoms with Crippen LogP contribution in [0, 0.1) is 0 Å². The molecule has 0 saturated carbocycles. The third-order valence-corrected chi connectivity index (χ3v) is 3.42. The Hall–Kier alpha value is -0.610. The van der Waals surface area contributed by atoms with Crippen LogP contribution in [0.25, 0.3) is 0 Å². The Kier molecular flexibility index (Phi) is 4.60. The lowest BCUT2D eigenvalue weighted by atomic mass is 10.2. The minimum Gasteiger partial charge on any atom is -0.367 e. The van der Waals surface area contributed by atoms with E-state index < -0.39 is 0 Å². The molecule has 4 heteroatoms. The lowest BCUT2D eigenvalue weighted by molar-refractivity contribution is -0.137. The van der Waals surface area contributed by atoms with Crippen LogP contribution in [-0.4, -0.2) is 49.7 Å². The molecular formula is C12H22N2O2. The van der Waals surface area contributed by atoms with Gasteiger partial charge in [0.25, 0.3) is 0 Å². The van der Waals surface area contributed by atoms with Crippen molar-refractivity contribution < 1.29 is 9.53 Å². The number of hydrogen-bond acceptors (Lipinski definition) is 3. The molecule has 2 rings (SSSR count). The highest BCUT2D eigenvalue weighted by Gasteiger charge is 2.19. The zero-order valence-corrected chi connectivity index (χ0v) is 9.91. The van der Waals surface area contributed by atoms with Gasteiger partial charge in [0.05, 0.1) is 6.10 Å². The van der Waals surface area contributed by atoms with Crippen molar-refractivity contribution in [3.05, 3.63) is 0 Å². The van der Waals surface area contributed by atoms with Gasteiger partial charge in [-0.3, -0.25) is 4.79 Å². The van der Waals surface area contributed by atoms with Crippen molar-refractivity contribution in [1.29, 1.82) is 0 Å². The Morgan fingerprint density at radius 3 is 2.62 bits per heavy atom. The van der Waals surface area contributed by atoms with Gasteiger partial charge in [0.2, 0.25) is 5.91 Å². The summed E-state index contributed by atoms with van der Waals surface area (Å²) in [5.41, 5.74) is 0. The molecule has 1 atom stereocenters. The van der Waals surface area contributed by atoms with Crippen LogP contribution in [0.1, 0.15) is 32.1 Å². The van der Waals surface area contributed by atoms with Crippen molar-refractivity contribution in [3.63, 3.8) is 0 Å². The smallest absolute Gasteiger partial charge is 0.248 e. The van der Waals surface area contributed by atoms with E-state index in [9.17, 15) is 4.79 Å². The third kappa shape index (κ3) is 3.46. The SMILES string of the molecule is O=C(COC1CCNC1)N1CCCCCC1. The summed E-state index contributed by atoms with van der Waals surface area (Å²) in [5, 5.41) is 3.24. The molecule has 16 heavy (non-hydrogen) atoms. The van der Waals surface area contributed by atoms with Gasteiger partial charge >= 0.3 is 0 Å². The molecule has 0 spiro atoms. The van der Waals surface area contributed by atoms with Gasteiger partial charge in [-0.05, 0) is 25.8 Å². The molecule has 2 aliphatic heterocycles. The standard InChI is InChI=1S/C12H22N2O2/c15-12(10-16-11-5-6-13-9-11)14-7-3-1-2-4-8-14/h11,13H,1-10H2. The molecule has 92 valence electrons. The maximum atomic E-state index is 11.9. The van der Waals surface area contributed by atoms with E-state index in [4.69, 9.17) is 4.74 Å². The third-order valence-electron chi connectivity index (χ3n) is 3.42. The molecule has 0 aliphatic carbocycles. The number of carbonyl (C=O) groups excluding carboxylic acids is 1. The molecule has 4 nitrogen and oxygen atoms in total. The average Bonchev–Trinajstić information content (AvgIpc) is 2.66. The van der Waals surface area contributed by atoms with Gasteiger partial charge in [-0.2, -0.15) is 0 Å². The number of nitrogens with zero attached hydrogens (tertiary/aromatic N) is 1. The fourth-order valence-corrected chi connectivity index (χ4v) is 2.37. The van der Waals surface area contributed by atoms with E-state index in [1.165, 1.54) is 12.8 Å². The maximum Gasteiger partial charge on any atom is 0.248 e. The molecule has 1 N–H and O–H groups in total. The zero-order chi connectivity index (χ0) is 11.2. The van der Waals surface area contributed by atoms with Crippen LogP contribution in [0.4, 0.5) is 0 Å². The second-order valence-corrected chi connectivity index (χ2v) is 4.72. The summed E-state index contributed by atoms with van der Waals surface area (Å²) in [4.78, 5) is 13.9. The number of amides is 1. The average molecular weight is 226 g/mol. The van der Waals surface area contributed by atoms with Crippen molar-refractivity contribution in [1.82, 2.24) is 10.2 Å². The first kappa shape index (κ1) is 11.9. The van der Waals surface area contributed by atoms with Gasteiger partial charge < -0.3 is 15.0 Å². The number of nitrogens with one attached hydrogen (secondary N) is 1. The molecule has 2 saturated heterocycles. The predicted octanol–water partition coefficient (Wildman–Crippen LogP) is 0.767. The summed E-state index contributed by atoms with van der Waals surface area (Å²) in [5.74, 6) is 0.175. The Balaban J connectivity index is 1.69. The number of likely N-dealkylation sites (tertiary alicyclic amines) is 1. The fourth-order valence-electron chi connectivity index (χ4n) is 2.37. The first-order valence-electron chi connectivity index (χ1n) is 6.46. The zero-order valence-electron chi connectivity index (χ0n) is 9.91. The maximum absolute atomic E-state index is 11.9. The van der Waals surface area contributed by atoms with Crippen molar-refractivity contribution in [2.75, 3.05) is 32.8 Å². The molecular weight excluding hydrogens is 204 g/mol. The molecule has 1 unspecified atom stereocenters. The van der Waals surface area contributed by atoms with Gasteiger partial charge in [0.1, 0.15) is 6.61 Å². The van der Waals surface area contributed by atoms with Crippen LogP contribution in [0.3, 0.4) is 0 Å². The van der Waals surface area contributed by atoms with Crippen LogP contribution in [0.2, 0.25) is 0 Å². The summed E-state index contributed by atoms with van der Waals surface area (Å²) in [6.45, 7) is 4.03. The summed E-state index contributed by atoms with van der Waals surface area (Å²) in [6, 6.07) is 0. The van der Waals surface area contributed by atoms with Gasteiger partial charge in [-0.25, -0.2) is 0 Å². The van der Waals surface area contributed by atoms with E-state index in [1.807, 2.05) is 4.90 Å². The number of rotatable bonds is 3. The highest BCUT2D eigenvalue weighted by molar-refractivity contribution is 5.77. The van der Waals surface area contributed by atoms with E-state index in [2.05, 4.69) is 5.32 Å². The molecule has 2 heterocycles. The molecule has 0 aromatic carbocycles. The predicted molar refractivity (Wildman–Crippen MR) is 62.3 cm³/mol. The second kappa shape index (κ2) is 6.21. The van der Waals surface area contributed by atoms with E-state index >= 15 is 0 Å². The van der Waals surface area contributed by atoms with Crippen LogP contribution >= 0.6 is 0 Å². The molecule has 0 aromatic rings. The molecule has 2 fully saturated rings. The first-order valence-corrected chi connectivity index (χ1v) is 6.46. The molecule has 0 aromatic heterocycles. The lowest BCUT2D eigenvalue weighted by Gasteiger charge is -2.21. The molecule has 1 amide bonds. The van der Waals surface area contributed by atoms with Crippen molar-refractivity contribution in [3.8, 4) is 0 Å². The highest BCUT2D eigenvalue weighted by atomic mass is 16.5. The Morgan fingerprint density at radius 1 is 1.25 bits per heavy atom. The van der Waals surface area contributed by atoms with Gasteiger partial charge in [0.15, 0.2) is 0 Å². The van der Waals surface area contributed by atoms with E-state index in [0.29, 0.717) is 0 Å². The normalized spacial score (nSPS) is 26.8. The quantitative estimate of drug-likeness (QED) is 0.773. The van der Waals surface area contributed by atoms with Crippen LogP contribution in [0.5, 0.6) is 0 Å². The lowest BCUT2D eigenvalue weighted by Crippen LogP contribution is -2.36. The first-order chi connectivity index (χ1) is 7.86. The molecule has 0 bridgehead atoms. The van der Waals surface area contributed by atoms with Crippen LogP contribution < -0.4 is 5.32 Å². The van der Waals surface area contributed by atoms with E-state index in [-0.39, 0.29) is 18.6 Å². The highest BCUT2D eigenvalue weighted by Crippen LogP contribution is 2.10. The summed E-state index contributed by atoms with van der Waals surface area (Å²) >= 11 is 0. The Labute approximate surface area is 97.3 Å². The van der Waals surface area contributed by atoms with Crippen molar-refractivity contribution in [2.45, 2.75) is 38.2 Å². The number of carbonyl (C=O) groups is 1. The monoisotopic (exact) mass is 226 g/mol.